The van der Waals surface area contributed by atoms with E-state index in [0.29, 0.717) is 0 Å². The number of ether oxygens (including phenoxy) is 1. The van der Waals surface area contributed by atoms with Gasteiger partial charge < -0.3 is 26.1 Å². The number of nitrogens with zero attached hydrogens (tertiary/aromatic N) is 4. The number of benzene rings is 1. The summed E-state index contributed by atoms with van der Waals surface area (Å²) in [6, 6.07) is 2.29. The Kier molecular flexibility index (Phi) is 9.33. The standard InChI is InChI=1S/C19H23F5N8O3/c1-27-18(34)15(25)9-31(26)8-12(20)4-5-32-10-16(29-30-32)28-17(33)7-11-6-13(2-3-14(11)21)35-19(22,23)24/h2-3,6,9-10,12H,4-5,7-8,25-26H2,1H3,(H,27,34)(H,28,33)/b15-9-. The third kappa shape index (κ3) is 9.44. The first-order valence-corrected chi connectivity index (χ1v) is 9.95. The number of anilines is 1. The highest BCUT2D eigenvalue weighted by molar-refractivity contribution is 5.92. The first-order chi connectivity index (χ1) is 16.4. The molecule has 2 rings (SSSR count). The van der Waals surface area contributed by atoms with Crippen LogP contribution in [0.25, 0.3) is 0 Å². The van der Waals surface area contributed by atoms with E-state index in [9.17, 15) is 31.5 Å². The molecule has 0 aliphatic carbocycles. The first kappa shape index (κ1) is 27.3. The number of hydrazine groups is 1. The molecule has 0 aliphatic heterocycles. The zero-order chi connectivity index (χ0) is 26.2. The summed E-state index contributed by atoms with van der Waals surface area (Å²) >= 11 is 0. The molecule has 0 radical (unpaired) electrons. The van der Waals surface area contributed by atoms with E-state index in [-0.39, 0.29) is 36.6 Å². The number of nitrogens with one attached hydrogen (secondary N) is 2. The minimum absolute atomic E-state index is 0.0322. The van der Waals surface area contributed by atoms with Gasteiger partial charge in [0.2, 0.25) is 5.91 Å². The van der Waals surface area contributed by atoms with Crippen LogP contribution < -0.4 is 26.9 Å². The number of hydrogen-bond acceptors (Lipinski definition) is 8. The van der Waals surface area contributed by atoms with Crippen LogP contribution in [0.5, 0.6) is 5.75 Å². The predicted octanol–water partition coefficient (Wildman–Crippen LogP) is 0.947. The summed E-state index contributed by atoms with van der Waals surface area (Å²) in [6.45, 7) is -0.212. The van der Waals surface area contributed by atoms with Crippen molar-refractivity contribution in [3.8, 4) is 5.75 Å². The summed E-state index contributed by atoms with van der Waals surface area (Å²) < 4.78 is 70.0. The largest absolute Gasteiger partial charge is 0.573 e. The number of alkyl halides is 4. The highest BCUT2D eigenvalue weighted by Crippen LogP contribution is 2.25. The highest BCUT2D eigenvalue weighted by Gasteiger charge is 2.31. The van der Waals surface area contributed by atoms with E-state index in [1.54, 1.807) is 0 Å². The SMILES string of the molecule is CNC(=O)/C(N)=C/N(N)CC(F)CCn1cc(NC(=O)Cc2cc(OC(F)(F)F)ccc2F)nn1. The lowest BCUT2D eigenvalue weighted by Gasteiger charge is -2.17. The average Bonchev–Trinajstić information content (AvgIpc) is 3.19. The molecule has 1 aromatic heterocycles. The van der Waals surface area contributed by atoms with Gasteiger partial charge in [0.15, 0.2) is 5.82 Å². The fourth-order valence-electron chi connectivity index (χ4n) is 2.74. The molecule has 6 N–H and O–H groups in total. The van der Waals surface area contributed by atoms with E-state index < -0.39 is 42.3 Å². The van der Waals surface area contributed by atoms with E-state index in [1.807, 2.05) is 0 Å². The number of likely N-dealkylation sites (N-methyl/N-ethyl adjacent to an activating group) is 1. The number of rotatable bonds is 11. The molecule has 35 heavy (non-hydrogen) atoms. The second-order valence-corrected chi connectivity index (χ2v) is 7.14. The van der Waals surface area contributed by atoms with Gasteiger partial charge in [0, 0.05) is 31.8 Å². The molecule has 16 heteroatoms. The summed E-state index contributed by atoms with van der Waals surface area (Å²) in [7, 11) is 1.37. The third-order valence-electron chi connectivity index (χ3n) is 4.28. The molecule has 0 saturated heterocycles. The van der Waals surface area contributed by atoms with Gasteiger partial charge in [-0.05, 0) is 18.2 Å². The predicted molar refractivity (Wildman–Crippen MR) is 112 cm³/mol. The zero-order valence-electron chi connectivity index (χ0n) is 18.4. The van der Waals surface area contributed by atoms with Gasteiger partial charge in [0.25, 0.3) is 5.91 Å². The molecule has 2 aromatic rings. The molecular formula is C19H23F5N8O3. The summed E-state index contributed by atoms with van der Waals surface area (Å²) in [4.78, 5) is 23.5. The quantitative estimate of drug-likeness (QED) is 0.152. The van der Waals surface area contributed by atoms with Crippen LogP contribution in [0, 0.1) is 5.82 Å². The van der Waals surface area contributed by atoms with Crippen LogP contribution in [0.4, 0.5) is 27.8 Å². The van der Waals surface area contributed by atoms with Crippen LogP contribution in [0.3, 0.4) is 0 Å². The van der Waals surface area contributed by atoms with Crippen LogP contribution in [0.15, 0.2) is 36.3 Å². The second-order valence-electron chi connectivity index (χ2n) is 7.14. The smallest absolute Gasteiger partial charge is 0.406 e. The van der Waals surface area contributed by atoms with E-state index in [1.165, 1.54) is 17.9 Å². The molecule has 2 amide bonds. The van der Waals surface area contributed by atoms with E-state index in [2.05, 4.69) is 25.7 Å². The van der Waals surface area contributed by atoms with E-state index in [0.717, 1.165) is 29.4 Å². The van der Waals surface area contributed by atoms with Crippen molar-refractivity contribution in [2.45, 2.75) is 31.9 Å². The van der Waals surface area contributed by atoms with Crippen molar-refractivity contribution in [1.29, 1.82) is 0 Å². The molecule has 192 valence electrons. The van der Waals surface area contributed by atoms with Gasteiger partial charge in [-0.15, -0.1) is 18.3 Å². The van der Waals surface area contributed by atoms with Gasteiger partial charge in [0.05, 0.1) is 19.2 Å². The molecule has 1 heterocycles. The van der Waals surface area contributed by atoms with Crippen molar-refractivity contribution in [1.82, 2.24) is 25.3 Å². The van der Waals surface area contributed by atoms with Crippen molar-refractivity contribution in [3.05, 3.63) is 47.7 Å². The number of nitrogens with two attached hydrogens (primary N) is 2. The highest BCUT2D eigenvalue weighted by atomic mass is 19.4. The molecular weight excluding hydrogens is 483 g/mol. The Bertz CT molecular complexity index is 1060. The van der Waals surface area contributed by atoms with Crippen molar-refractivity contribution in [2.24, 2.45) is 11.6 Å². The number of aryl methyl sites for hydroxylation is 1. The fourth-order valence-corrected chi connectivity index (χ4v) is 2.74. The van der Waals surface area contributed by atoms with E-state index in [4.69, 9.17) is 11.6 Å². The monoisotopic (exact) mass is 506 g/mol. The maximum Gasteiger partial charge on any atom is 0.573 e. The third-order valence-corrected chi connectivity index (χ3v) is 4.28. The lowest BCUT2D eigenvalue weighted by atomic mass is 10.1. The number of amides is 2. The summed E-state index contributed by atoms with van der Waals surface area (Å²) in [5.41, 5.74) is 4.96. The number of carbonyl (C=O) groups excluding carboxylic acids is 2. The molecule has 11 nitrogen and oxygen atoms in total. The number of halogens is 5. The maximum absolute atomic E-state index is 14.2. The molecule has 0 saturated carbocycles. The Morgan fingerprint density at radius 1 is 1.34 bits per heavy atom. The topological polar surface area (TPSA) is 153 Å². The Morgan fingerprint density at radius 3 is 2.71 bits per heavy atom. The second kappa shape index (κ2) is 12.0. The van der Waals surface area contributed by atoms with Crippen molar-refractivity contribution in [3.63, 3.8) is 0 Å². The molecule has 1 atom stereocenters. The van der Waals surface area contributed by atoms with Gasteiger partial charge in [-0.25, -0.2) is 14.6 Å². The molecule has 1 aromatic carbocycles. The zero-order valence-corrected chi connectivity index (χ0v) is 18.4. The van der Waals surface area contributed by atoms with Gasteiger partial charge in [0.1, 0.15) is 23.4 Å². The first-order valence-electron chi connectivity index (χ1n) is 9.95. The van der Waals surface area contributed by atoms with Crippen LogP contribution in [0.2, 0.25) is 0 Å². The molecule has 0 bridgehead atoms. The van der Waals surface area contributed by atoms with Gasteiger partial charge in [-0.2, -0.15) is 0 Å². The Morgan fingerprint density at radius 2 is 2.06 bits per heavy atom. The van der Waals surface area contributed by atoms with Gasteiger partial charge in [-0.3, -0.25) is 14.3 Å². The maximum atomic E-state index is 14.2. The fraction of sp³-hybridized carbons (Fsp3) is 0.368. The Labute approximate surface area is 195 Å². The van der Waals surface area contributed by atoms with Crippen molar-refractivity contribution < 1.29 is 36.3 Å². The van der Waals surface area contributed by atoms with Crippen LogP contribution in [-0.4, -0.2) is 57.9 Å². The minimum Gasteiger partial charge on any atom is -0.406 e. The summed E-state index contributed by atoms with van der Waals surface area (Å²) in [5.74, 6) is 2.65. The van der Waals surface area contributed by atoms with E-state index >= 15 is 0 Å². The summed E-state index contributed by atoms with van der Waals surface area (Å²) in [6.07, 6.45) is -4.66. The van der Waals surface area contributed by atoms with Crippen molar-refractivity contribution >= 4 is 17.6 Å². The van der Waals surface area contributed by atoms with Gasteiger partial charge >= 0.3 is 6.36 Å². The van der Waals surface area contributed by atoms with Crippen LogP contribution in [-0.2, 0) is 22.6 Å². The Hall–Kier alpha value is -3.95. The normalized spacial score (nSPS) is 12.7. The van der Waals surface area contributed by atoms with Crippen LogP contribution in [0.1, 0.15) is 12.0 Å². The number of aromatic nitrogens is 3. The molecule has 1 unspecified atom stereocenters. The average molecular weight is 506 g/mol. The molecule has 0 spiro atoms. The van der Waals surface area contributed by atoms with Gasteiger partial charge in [-0.1, -0.05) is 5.21 Å². The molecule has 0 aliphatic rings. The minimum atomic E-state index is -4.97. The summed E-state index contributed by atoms with van der Waals surface area (Å²) in [5, 5.41) is 12.9. The molecule has 0 fully saturated rings. The lowest BCUT2D eigenvalue weighted by molar-refractivity contribution is -0.274. The number of carbonyl (C=O) groups is 2. The van der Waals surface area contributed by atoms with Crippen molar-refractivity contribution in [2.75, 3.05) is 18.9 Å². The Balaban J connectivity index is 1.86. The number of hydrogen-bond donors (Lipinski definition) is 4. The lowest BCUT2D eigenvalue weighted by Crippen LogP contribution is -2.35. The van der Waals surface area contributed by atoms with Crippen LogP contribution >= 0.6 is 0 Å².